The lowest BCUT2D eigenvalue weighted by molar-refractivity contribution is -0.123. The Morgan fingerprint density at radius 3 is 2.86 bits per heavy atom. The lowest BCUT2D eigenvalue weighted by Crippen LogP contribution is -2.48. The number of hydrogen-bond donors (Lipinski definition) is 2. The van der Waals surface area contributed by atoms with Gasteiger partial charge in [0.15, 0.2) is 0 Å². The van der Waals surface area contributed by atoms with Gasteiger partial charge in [0.25, 0.3) is 0 Å². The number of rotatable bonds is 7. The first kappa shape index (κ1) is 15.9. The first-order valence-corrected chi connectivity index (χ1v) is 7.47. The normalized spacial score (nSPS) is 17.6. The maximum Gasteiger partial charge on any atom is 0.237 e. The maximum absolute atomic E-state index is 12.1. The van der Waals surface area contributed by atoms with Crippen molar-refractivity contribution in [2.75, 3.05) is 40.4 Å². The monoisotopic (exact) mass is 291 g/mol. The zero-order valence-corrected chi connectivity index (χ0v) is 12.9. The van der Waals surface area contributed by atoms with Crippen LogP contribution in [-0.2, 0) is 22.5 Å². The smallest absolute Gasteiger partial charge is 0.237 e. The van der Waals surface area contributed by atoms with Crippen LogP contribution in [0.15, 0.2) is 24.3 Å². The van der Waals surface area contributed by atoms with Crippen molar-refractivity contribution in [3.05, 3.63) is 35.4 Å². The number of carbonyl (C=O) groups is 1. The summed E-state index contributed by atoms with van der Waals surface area (Å²) in [6.45, 7) is 3.47. The minimum Gasteiger partial charge on any atom is -0.378 e. The molecule has 0 aromatic heterocycles. The molecule has 0 spiro atoms. The first-order chi connectivity index (χ1) is 10.2. The summed E-state index contributed by atoms with van der Waals surface area (Å²) in [6, 6.07) is 8.13. The van der Waals surface area contributed by atoms with Gasteiger partial charge in [-0.3, -0.25) is 4.79 Å². The molecule has 0 fully saturated rings. The molecule has 116 valence electrons. The van der Waals surface area contributed by atoms with Crippen LogP contribution in [0.3, 0.4) is 0 Å². The van der Waals surface area contributed by atoms with E-state index < -0.39 is 0 Å². The van der Waals surface area contributed by atoms with Crippen molar-refractivity contribution in [2.24, 2.45) is 0 Å². The predicted octanol–water partition coefficient (Wildman–Crippen LogP) is 0.395. The van der Waals surface area contributed by atoms with Gasteiger partial charge in [0.05, 0.1) is 19.3 Å². The fourth-order valence-electron chi connectivity index (χ4n) is 2.36. The van der Waals surface area contributed by atoms with Gasteiger partial charge in [-0.2, -0.15) is 0 Å². The van der Waals surface area contributed by atoms with E-state index in [0.717, 1.165) is 19.5 Å². The maximum atomic E-state index is 12.1. The molecule has 0 aliphatic carbocycles. The van der Waals surface area contributed by atoms with Crippen LogP contribution in [0.4, 0.5) is 0 Å². The summed E-state index contributed by atoms with van der Waals surface area (Å²) in [5, 5.41) is 6.21. The molecule has 0 saturated heterocycles. The van der Waals surface area contributed by atoms with Crippen molar-refractivity contribution in [3.8, 4) is 0 Å². The number of nitrogens with one attached hydrogen (secondary N) is 2. The van der Waals surface area contributed by atoms with Crippen molar-refractivity contribution in [1.29, 1.82) is 0 Å². The summed E-state index contributed by atoms with van der Waals surface area (Å²) in [6.07, 6.45) is 0.753. The third-order valence-electron chi connectivity index (χ3n) is 3.63. The van der Waals surface area contributed by atoms with Crippen molar-refractivity contribution in [3.63, 3.8) is 0 Å². The number of likely N-dealkylation sites (N-methyl/N-ethyl adjacent to an activating group) is 1. The number of benzene rings is 1. The molecule has 1 aromatic rings. The van der Waals surface area contributed by atoms with E-state index in [-0.39, 0.29) is 11.9 Å². The van der Waals surface area contributed by atoms with E-state index in [2.05, 4.69) is 27.7 Å². The molecule has 1 amide bonds. The summed E-state index contributed by atoms with van der Waals surface area (Å²) in [5.41, 5.74) is 2.55. The molecule has 2 N–H and O–H groups in total. The minimum atomic E-state index is -0.137. The van der Waals surface area contributed by atoms with Crippen LogP contribution in [0.2, 0.25) is 0 Å². The van der Waals surface area contributed by atoms with Gasteiger partial charge in [0, 0.05) is 19.6 Å². The highest BCUT2D eigenvalue weighted by atomic mass is 16.5. The molecule has 21 heavy (non-hydrogen) atoms. The van der Waals surface area contributed by atoms with Gasteiger partial charge in [-0.05, 0) is 31.6 Å². The third-order valence-corrected chi connectivity index (χ3v) is 3.63. The second-order valence-electron chi connectivity index (χ2n) is 5.61. The van der Waals surface area contributed by atoms with Crippen molar-refractivity contribution >= 4 is 5.91 Å². The Morgan fingerprint density at radius 1 is 1.33 bits per heavy atom. The first-order valence-electron chi connectivity index (χ1n) is 7.47. The van der Waals surface area contributed by atoms with Gasteiger partial charge in [0.1, 0.15) is 0 Å². The summed E-state index contributed by atoms with van der Waals surface area (Å²) in [4.78, 5) is 14.2. The molecule has 0 unspecified atom stereocenters. The Hall–Kier alpha value is -1.43. The zero-order valence-electron chi connectivity index (χ0n) is 12.9. The predicted molar refractivity (Wildman–Crippen MR) is 83.2 cm³/mol. The molecule has 1 heterocycles. The second-order valence-corrected chi connectivity index (χ2v) is 5.61. The van der Waals surface area contributed by atoms with Gasteiger partial charge in [-0.15, -0.1) is 0 Å². The molecular formula is C16H25N3O2. The summed E-state index contributed by atoms with van der Waals surface area (Å²) in [5.74, 6) is 0.0562. The van der Waals surface area contributed by atoms with Crippen molar-refractivity contribution in [1.82, 2.24) is 15.5 Å². The fourth-order valence-corrected chi connectivity index (χ4v) is 2.36. The largest absolute Gasteiger partial charge is 0.378 e. The molecule has 0 bridgehead atoms. The van der Waals surface area contributed by atoms with E-state index in [0.29, 0.717) is 19.8 Å². The third kappa shape index (κ3) is 5.12. The van der Waals surface area contributed by atoms with Crippen LogP contribution in [0.1, 0.15) is 11.1 Å². The summed E-state index contributed by atoms with van der Waals surface area (Å²) < 4.78 is 5.46. The highest BCUT2D eigenvalue weighted by molar-refractivity contribution is 5.82. The molecule has 1 atom stereocenters. The lowest BCUT2D eigenvalue weighted by atomic mass is 9.95. The van der Waals surface area contributed by atoms with Gasteiger partial charge in [-0.1, -0.05) is 24.3 Å². The van der Waals surface area contributed by atoms with E-state index in [9.17, 15) is 4.79 Å². The molecule has 0 radical (unpaired) electrons. The Labute approximate surface area is 126 Å². The van der Waals surface area contributed by atoms with Crippen LogP contribution in [0.5, 0.6) is 0 Å². The van der Waals surface area contributed by atoms with Crippen LogP contribution in [0, 0.1) is 0 Å². The number of hydrogen-bond acceptors (Lipinski definition) is 4. The fraction of sp³-hybridized carbons (Fsp3) is 0.562. The highest BCUT2D eigenvalue weighted by Crippen LogP contribution is 2.16. The van der Waals surface area contributed by atoms with Gasteiger partial charge >= 0.3 is 0 Å². The zero-order chi connectivity index (χ0) is 15.1. The van der Waals surface area contributed by atoms with Crippen LogP contribution >= 0.6 is 0 Å². The Bertz CT molecular complexity index is 463. The minimum absolute atomic E-state index is 0.0562. The molecule has 1 aromatic carbocycles. The van der Waals surface area contributed by atoms with Crippen molar-refractivity contribution < 1.29 is 9.53 Å². The van der Waals surface area contributed by atoms with Crippen molar-refractivity contribution in [2.45, 2.75) is 19.0 Å². The molecule has 5 heteroatoms. The Balaban J connectivity index is 1.66. The Morgan fingerprint density at radius 2 is 2.10 bits per heavy atom. The molecule has 2 rings (SSSR count). The molecule has 5 nitrogen and oxygen atoms in total. The molecule has 1 aliphatic heterocycles. The average molecular weight is 291 g/mol. The van der Waals surface area contributed by atoms with Gasteiger partial charge < -0.3 is 20.3 Å². The molecular weight excluding hydrogens is 266 g/mol. The van der Waals surface area contributed by atoms with E-state index in [1.807, 2.05) is 26.2 Å². The van der Waals surface area contributed by atoms with Crippen LogP contribution < -0.4 is 10.6 Å². The molecule has 0 saturated carbocycles. The number of fused-ring (bicyclic) bond motifs is 1. The average Bonchev–Trinajstić information content (AvgIpc) is 2.49. The quantitative estimate of drug-likeness (QED) is 0.714. The number of nitrogens with zero attached hydrogens (tertiary/aromatic N) is 1. The van der Waals surface area contributed by atoms with E-state index in [4.69, 9.17) is 4.74 Å². The van der Waals surface area contributed by atoms with Crippen LogP contribution in [-0.4, -0.2) is 57.2 Å². The lowest BCUT2D eigenvalue weighted by Gasteiger charge is -2.25. The van der Waals surface area contributed by atoms with Gasteiger partial charge in [0.2, 0.25) is 5.91 Å². The summed E-state index contributed by atoms with van der Waals surface area (Å²) >= 11 is 0. The topological polar surface area (TPSA) is 53.6 Å². The van der Waals surface area contributed by atoms with E-state index in [1.54, 1.807) is 0 Å². The SMILES string of the molecule is CN(C)CCOCCNC(=O)[C@@H]1Cc2ccccc2CN1. The standard InChI is InChI=1S/C16H25N3O2/c1-19(2)8-10-21-9-7-17-16(20)15-11-13-5-3-4-6-14(13)12-18-15/h3-6,15,18H,7-12H2,1-2H3,(H,17,20)/t15-/m0/s1. The second kappa shape index (κ2) is 8.12. The molecule has 1 aliphatic rings. The number of amides is 1. The van der Waals surface area contributed by atoms with Gasteiger partial charge in [-0.25, -0.2) is 0 Å². The summed E-state index contributed by atoms with van der Waals surface area (Å²) in [7, 11) is 4.02. The van der Waals surface area contributed by atoms with E-state index in [1.165, 1.54) is 11.1 Å². The highest BCUT2D eigenvalue weighted by Gasteiger charge is 2.23. The Kier molecular flexibility index (Phi) is 6.17. The van der Waals surface area contributed by atoms with Crippen LogP contribution in [0.25, 0.3) is 0 Å². The number of ether oxygens (including phenoxy) is 1. The van der Waals surface area contributed by atoms with E-state index >= 15 is 0 Å². The number of carbonyl (C=O) groups excluding carboxylic acids is 1.